The van der Waals surface area contributed by atoms with Crippen molar-refractivity contribution in [1.82, 2.24) is 4.31 Å². The number of halogens is 2. The summed E-state index contributed by atoms with van der Waals surface area (Å²) in [4.78, 5) is 11.9. The second-order valence-electron chi connectivity index (χ2n) is 4.24. The van der Waals surface area contributed by atoms with Gasteiger partial charge in [-0.3, -0.25) is 4.79 Å². The van der Waals surface area contributed by atoms with Crippen LogP contribution in [0.3, 0.4) is 0 Å². The first-order chi connectivity index (χ1) is 9.75. The van der Waals surface area contributed by atoms with Crippen LogP contribution in [-0.4, -0.2) is 51.7 Å². The van der Waals surface area contributed by atoms with Crippen molar-refractivity contribution in [2.45, 2.75) is 0 Å². The van der Waals surface area contributed by atoms with Crippen molar-refractivity contribution in [1.29, 1.82) is 0 Å². The molecule has 0 aliphatic heterocycles. The second kappa shape index (κ2) is 7.95. The number of benzene rings is 1. The van der Waals surface area contributed by atoms with Crippen LogP contribution in [0.1, 0.15) is 0 Å². The molecule has 0 fully saturated rings. The maximum atomic E-state index is 11.9. The minimum atomic E-state index is -3.51. The molecule has 0 radical (unpaired) electrons. The Bertz CT molecular complexity index is 607. The molecule has 1 N–H and O–H groups in total. The van der Waals surface area contributed by atoms with Gasteiger partial charge in [-0.1, -0.05) is 29.3 Å². The molecular weight excluding hydrogens is 339 g/mol. The molecule has 0 saturated heterocycles. The van der Waals surface area contributed by atoms with Gasteiger partial charge in [-0.25, -0.2) is 8.42 Å². The van der Waals surface area contributed by atoms with Gasteiger partial charge in [0.2, 0.25) is 15.9 Å². The van der Waals surface area contributed by atoms with Gasteiger partial charge in [0.15, 0.2) is 0 Å². The lowest BCUT2D eigenvalue weighted by atomic mass is 10.3. The minimum Gasteiger partial charge on any atom is -0.383 e. The van der Waals surface area contributed by atoms with Gasteiger partial charge in [0, 0.05) is 13.7 Å². The lowest BCUT2D eigenvalue weighted by molar-refractivity contribution is -0.116. The predicted octanol–water partition coefficient (Wildman–Crippen LogP) is 1.84. The van der Waals surface area contributed by atoms with E-state index in [2.05, 4.69) is 5.32 Å². The third-order valence-corrected chi connectivity index (χ3v) is 4.63. The molecule has 0 saturated carbocycles. The van der Waals surface area contributed by atoms with Crippen LogP contribution in [0.4, 0.5) is 5.69 Å². The Kier molecular flexibility index (Phi) is 6.89. The number of hydrogen-bond acceptors (Lipinski definition) is 4. The van der Waals surface area contributed by atoms with Crippen LogP contribution >= 0.6 is 23.2 Å². The fourth-order valence-electron chi connectivity index (χ4n) is 1.51. The summed E-state index contributed by atoms with van der Waals surface area (Å²) >= 11 is 11.8. The molecule has 0 aliphatic rings. The van der Waals surface area contributed by atoms with Crippen LogP contribution in [0.5, 0.6) is 0 Å². The maximum absolute atomic E-state index is 11.9. The number of hydrogen-bond donors (Lipinski definition) is 1. The molecule has 1 aromatic carbocycles. The molecule has 0 bridgehead atoms. The highest BCUT2D eigenvalue weighted by molar-refractivity contribution is 7.88. The quantitative estimate of drug-likeness (QED) is 0.810. The lowest BCUT2D eigenvalue weighted by Crippen LogP contribution is -2.39. The lowest BCUT2D eigenvalue weighted by Gasteiger charge is -2.19. The predicted molar refractivity (Wildman–Crippen MR) is 83.4 cm³/mol. The molecule has 0 unspecified atom stereocenters. The summed E-state index contributed by atoms with van der Waals surface area (Å²) in [6.07, 6.45) is 1.03. The van der Waals surface area contributed by atoms with Crippen molar-refractivity contribution in [3.63, 3.8) is 0 Å². The minimum absolute atomic E-state index is 0.0893. The fourth-order valence-corrected chi connectivity index (χ4v) is 2.61. The molecule has 9 heteroatoms. The van der Waals surface area contributed by atoms with E-state index in [1.165, 1.54) is 7.11 Å². The average molecular weight is 355 g/mol. The number of sulfonamides is 1. The Balaban J connectivity index is 2.76. The van der Waals surface area contributed by atoms with Crippen LogP contribution < -0.4 is 5.32 Å². The molecule has 1 amide bonds. The van der Waals surface area contributed by atoms with E-state index in [4.69, 9.17) is 27.9 Å². The Morgan fingerprint density at radius 2 is 2.05 bits per heavy atom. The summed E-state index contributed by atoms with van der Waals surface area (Å²) in [7, 11) is -2.06. The molecule has 6 nitrogen and oxygen atoms in total. The summed E-state index contributed by atoms with van der Waals surface area (Å²) in [5, 5.41) is 3.03. The van der Waals surface area contributed by atoms with E-state index in [9.17, 15) is 13.2 Å². The normalized spacial score (nSPS) is 11.7. The molecule has 1 rings (SSSR count). The molecule has 0 heterocycles. The highest BCUT2D eigenvalue weighted by atomic mass is 35.5. The first-order valence-electron chi connectivity index (χ1n) is 5.93. The van der Waals surface area contributed by atoms with Crippen molar-refractivity contribution >= 4 is 44.8 Å². The van der Waals surface area contributed by atoms with Gasteiger partial charge in [0.1, 0.15) is 0 Å². The maximum Gasteiger partial charge on any atom is 0.239 e. The van der Waals surface area contributed by atoms with E-state index in [0.29, 0.717) is 10.7 Å². The highest BCUT2D eigenvalue weighted by Crippen LogP contribution is 2.29. The van der Waals surface area contributed by atoms with E-state index in [-0.39, 0.29) is 24.7 Å². The van der Waals surface area contributed by atoms with Crippen molar-refractivity contribution in [2.75, 3.05) is 38.4 Å². The number of nitrogens with one attached hydrogen (secondary N) is 1. The van der Waals surface area contributed by atoms with E-state index < -0.39 is 15.9 Å². The van der Waals surface area contributed by atoms with Crippen molar-refractivity contribution in [2.24, 2.45) is 0 Å². The molecule has 21 heavy (non-hydrogen) atoms. The number of anilines is 1. The number of carbonyl (C=O) groups is 1. The zero-order chi connectivity index (χ0) is 16.0. The number of ether oxygens (including phenoxy) is 1. The van der Waals surface area contributed by atoms with Crippen molar-refractivity contribution < 1.29 is 17.9 Å². The topological polar surface area (TPSA) is 75.7 Å². The standard InChI is InChI=1S/C12H16Cl2N2O4S/c1-20-7-6-16(21(2,18)19)8-11(17)15-10-5-3-4-9(13)12(10)14/h3-5H,6-8H2,1-2H3,(H,15,17). The number of nitrogens with zero attached hydrogens (tertiary/aromatic N) is 1. The van der Waals surface area contributed by atoms with E-state index in [1.54, 1.807) is 18.2 Å². The van der Waals surface area contributed by atoms with Gasteiger partial charge in [0.05, 0.1) is 35.1 Å². The van der Waals surface area contributed by atoms with Gasteiger partial charge in [-0.2, -0.15) is 4.31 Å². The number of rotatable bonds is 7. The zero-order valence-electron chi connectivity index (χ0n) is 11.6. The summed E-state index contributed by atoms with van der Waals surface area (Å²) in [5.41, 5.74) is 0.328. The summed E-state index contributed by atoms with van der Waals surface area (Å²) in [6, 6.07) is 4.79. The number of methoxy groups -OCH3 is 1. The monoisotopic (exact) mass is 354 g/mol. The van der Waals surface area contributed by atoms with Gasteiger partial charge in [-0.05, 0) is 12.1 Å². The van der Waals surface area contributed by atoms with E-state index in [1.807, 2.05) is 0 Å². The van der Waals surface area contributed by atoms with Gasteiger partial charge >= 0.3 is 0 Å². The SMILES string of the molecule is COCCN(CC(=O)Nc1cccc(Cl)c1Cl)S(C)(=O)=O. The van der Waals surface area contributed by atoms with E-state index in [0.717, 1.165) is 10.6 Å². The van der Waals surface area contributed by atoms with E-state index >= 15 is 0 Å². The molecule has 0 aromatic heterocycles. The van der Waals surface area contributed by atoms with Crippen LogP contribution in [0, 0.1) is 0 Å². The van der Waals surface area contributed by atoms with Crippen molar-refractivity contribution in [3.05, 3.63) is 28.2 Å². The molecule has 0 aliphatic carbocycles. The van der Waals surface area contributed by atoms with Gasteiger partial charge < -0.3 is 10.1 Å². The molecule has 118 valence electrons. The van der Waals surface area contributed by atoms with Gasteiger partial charge in [0.25, 0.3) is 0 Å². The Morgan fingerprint density at radius 1 is 1.38 bits per heavy atom. The molecular formula is C12H16Cl2N2O4S. The third-order valence-electron chi connectivity index (χ3n) is 2.56. The summed E-state index contributed by atoms with van der Waals surface area (Å²) in [6.45, 7) is -0.0463. The average Bonchev–Trinajstić information content (AvgIpc) is 2.38. The Hall–Kier alpha value is -0.860. The zero-order valence-corrected chi connectivity index (χ0v) is 13.9. The number of amides is 1. The smallest absolute Gasteiger partial charge is 0.239 e. The molecule has 0 spiro atoms. The second-order valence-corrected chi connectivity index (χ2v) is 7.01. The first-order valence-corrected chi connectivity index (χ1v) is 8.54. The summed E-state index contributed by atoms with van der Waals surface area (Å²) in [5.74, 6) is -0.513. The van der Waals surface area contributed by atoms with Crippen LogP contribution in [0.15, 0.2) is 18.2 Å². The fraction of sp³-hybridized carbons (Fsp3) is 0.417. The number of carbonyl (C=O) groups excluding carboxylic acids is 1. The highest BCUT2D eigenvalue weighted by Gasteiger charge is 2.20. The van der Waals surface area contributed by atoms with Gasteiger partial charge in [-0.15, -0.1) is 0 Å². The van der Waals surface area contributed by atoms with Crippen LogP contribution in [0.2, 0.25) is 10.0 Å². The molecule has 0 atom stereocenters. The Labute approximate surface area is 134 Å². The van der Waals surface area contributed by atoms with Crippen LogP contribution in [0.25, 0.3) is 0 Å². The van der Waals surface area contributed by atoms with Crippen molar-refractivity contribution in [3.8, 4) is 0 Å². The third kappa shape index (κ3) is 5.80. The van der Waals surface area contributed by atoms with Crippen LogP contribution in [-0.2, 0) is 19.6 Å². The molecule has 1 aromatic rings. The largest absolute Gasteiger partial charge is 0.383 e. The first kappa shape index (κ1) is 18.2. The summed E-state index contributed by atoms with van der Waals surface area (Å²) < 4.78 is 29.0. The Morgan fingerprint density at radius 3 is 2.62 bits per heavy atom.